The lowest BCUT2D eigenvalue weighted by atomic mass is 9.87. The van der Waals surface area contributed by atoms with Crippen LogP contribution >= 0.6 is 0 Å². The summed E-state index contributed by atoms with van der Waals surface area (Å²) in [6.45, 7) is 6.68. The molecule has 0 atom stereocenters. The molecule has 7 aromatic rings. The van der Waals surface area contributed by atoms with Crippen LogP contribution in [0.5, 0.6) is 0 Å². The SMILES string of the molecule is Cn1c(-c2c3ccccc3cc3ccccc23)nc2c3cccnc3c3ncc(C(C)(C)C)cc3c21. The van der Waals surface area contributed by atoms with Gasteiger partial charge >= 0.3 is 0 Å². The number of nitrogens with zero attached hydrogens (tertiary/aromatic N) is 4. The minimum Gasteiger partial charge on any atom is -0.326 e. The Morgan fingerprint density at radius 1 is 0.667 bits per heavy atom. The van der Waals surface area contributed by atoms with Gasteiger partial charge in [0.05, 0.1) is 22.1 Å². The summed E-state index contributed by atoms with van der Waals surface area (Å²) in [6.07, 6.45) is 3.84. The van der Waals surface area contributed by atoms with Gasteiger partial charge in [-0.3, -0.25) is 9.97 Å². The summed E-state index contributed by atoms with van der Waals surface area (Å²) in [4.78, 5) is 15.0. The summed E-state index contributed by atoms with van der Waals surface area (Å²) >= 11 is 0. The minimum absolute atomic E-state index is 0.0140. The van der Waals surface area contributed by atoms with Crippen molar-refractivity contribution < 1.29 is 0 Å². The van der Waals surface area contributed by atoms with Gasteiger partial charge in [0.15, 0.2) is 0 Å². The molecule has 4 nitrogen and oxygen atoms in total. The van der Waals surface area contributed by atoms with Crippen molar-refractivity contribution in [3.05, 3.63) is 90.8 Å². The van der Waals surface area contributed by atoms with Gasteiger partial charge in [0, 0.05) is 35.8 Å². The molecule has 0 aliphatic carbocycles. The molecule has 36 heavy (non-hydrogen) atoms. The second kappa shape index (κ2) is 7.34. The smallest absolute Gasteiger partial charge is 0.142 e. The van der Waals surface area contributed by atoms with E-state index in [1.807, 2.05) is 18.5 Å². The van der Waals surface area contributed by atoms with Crippen molar-refractivity contribution in [3.8, 4) is 11.4 Å². The first-order valence-corrected chi connectivity index (χ1v) is 12.4. The molecule has 4 aromatic carbocycles. The monoisotopic (exact) mass is 466 g/mol. The molecule has 0 aliphatic rings. The van der Waals surface area contributed by atoms with Gasteiger partial charge in [-0.05, 0) is 56.8 Å². The van der Waals surface area contributed by atoms with Crippen LogP contribution in [0.3, 0.4) is 0 Å². The van der Waals surface area contributed by atoms with Crippen molar-refractivity contribution in [2.45, 2.75) is 26.2 Å². The van der Waals surface area contributed by atoms with Gasteiger partial charge in [-0.25, -0.2) is 4.98 Å². The maximum atomic E-state index is 5.35. The van der Waals surface area contributed by atoms with Crippen molar-refractivity contribution in [3.63, 3.8) is 0 Å². The number of benzene rings is 4. The standard InChI is InChI=1S/C32H26N4/c1-32(2,3)21-17-25-28(34-18-21)27-24(14-9-15-33-27)29-30(25)36(4)31(35-29)26-22-12-7-5-10-19(22)16-20-11-6-8-13-23(20)26/h5-18H,1-4H3. The number of aromatic nitrogens is 4. The van der Waals surface area contributed by atoms with E-state index in [2.05, 4.69) is 99.1 Å². The number of aryl methyl sites for hydroxylation is 1. The Hall–Kier alpha value is -4.31. The van der Waals surface area contributed by atoms with E-state index in [0.29, 0.717) is 0 Å². The third kappa shape index (κ3) is 2.91. The average molecular weight is 467 g/mol. The van der Waals surface area contributed by atoms with Crippen molar-refractivity contribution in [2.75, 3.05) is 0 Å². The highest BCUT2D eigenvalue weighted by Gasteiger charge is 2.23. The molecule has 0 aliphatic heterocycles. The van der Waals surface area contributed by atoms with Gasteiger partial charge in [-0.15, -0.1) is 0 Å². The van der Waals surface area contributed by atoms with E-state index in [1.54, 1.807) is 0 Å². The van der Waals surface area contributed by atoms with Crippen molar-refractivity contribution >= 4 is 54.4 Å². The molecular formula is C32H26N4. The summed E-state index contributed by atoms with van der Waals surface area (Å²) in [5.74, 6) is 0.955. The minimum atomic E-state index is -0.0140. The number of fused-ring (bicyclic) bond motifs is 8. The number of pyridine rings is 2. The van der Waals surface area contributed by atoms with E-state index >= 15 is 0 Å². The number of hydrogen-bond donors (Lipinski definition) is 0. The highest BCUT2D eigenvalue weighted by molar-refractivity contribution is 6.22. The van der Waals surface area contributed by atoms with Crippen molar-refractivity contribution in [2.24, 2.45) is 7.05 Å². The Bertz CT molecular complexity index is 1940. The first kappa shape index (κ1) is 21.0. The molecule has 0 spiro atoms. The number of hydrogen-bond acceptors (Lipinski definition) is 3. The van der Waals surface area contributed by atoms with E-state index in [-0.39, 0.29) is 5.41 Å². The quantitative estimate of drug-likeness (QED) is 0.182. The molecule has 0 N–H and O–H groups in total. The first-order chi connectivity index (χ1) is 17.4. The molecule has 0 saturated heterocycles. The molecule has 174 valence electrons. The Morgan fingerprint density at radius 2 is 1.31 bits per heavy atom. The molecule has 7 rings (SSSR count). The second-order valence-corrected chi connectivity index (χ2v) is 10.7. The van der Waals surface area contributed by atoms with Crippen LogP contribution < -0.4 is 0 Å². The fourth-order valence-corrected chi connectivity index (χ4v) is 5.50. The molecule has 0 saturated carbocycles. The van der Waals surface area contributed by atoms with E-state index in [1.165, 1.54) is 27.1 Å². The van der Waals surface area contributed by atoms with E-state index in [9.17, 15) is 0 Å². The van der Waals surface area contributed by atoms with Gasteiger partial charge in [0.1, 0.15) is 5.82 Å². The summed E-state index contributed by atoms with van der Waals surface area (Å²) < 4.78 is 2.26. The zero-order valence-corrected chi connectivity index (χ0v) is 20.9. The largest absolute Gasteiger partial charge is 0.326 e. The van der Waals surface area contributed by atoms with Crippen LogP contribution in [0.4, 0.5) is 0 Å². The van der Waals surface area contributed by atoms with Crippen molar-refractivity contribution in [1.29, 1.82) is 0 Å². The fourth-order valence-electron chi connectivity index (χ4n) is 5.50. The third-order valence-corrected chi connectivity index (χ3v) is 7.39. The Morgan fingerprint density at radius 3 is 2.00 bits per heavy atom. The molecule has 0 fully saturated rings. The molecule has 0 radical (unpaired) electrons. The third-order valence-electron chi connectivity index (χ3n) is 7.39. The maximum Gasteiger partial charge on any atom is 0.142 e. The summed E-state index contributed by atoms with van der Waals surface area (Å²) in [5, 5.41) is 6.96. The average Bonchev–Trinajstić information content (AvgIpc) is 3.23. The van der Waals surface area contributed by atoms with Crippen LogP contribution in [0.15, 0.2) is 85.2 Å². The van der Waals surface area contributed by atoms with Gasteiger partial charge < -0.3 is 4.57 Å². The predicted octanol–water partition coefficient (Wildman–Crippen LogP) is 7.94. The van der Waals surface area contributed by atoms with E-state index < -0.39 is 0 Å². The normalized spacial score (nSPS) is 12.4. The van der Waals surface area contributed by atoms with Crippen LogP contribution in [0.2, 0.25) is 0 Å². The number of rotatable bonds is 1. The highest BCUT2D eigenvalue weighted by Crippen LogP contribution is 2.40. The Labute approximate surface area is 209 Å². The summed E-state index contributed by atoms with van der Waals surface area (Å²) in [7, 11) is 2.13. The van der Waals surface area contributed by atoms with Gasteiger partial charge in [-0.1, -0.05) is 69.3 Å². The Balaban J connectivity index is 1.70. The number of imidazole rings is 1. The van der Waals surface area contributed by atoms with E-state index in [0.717, 1.165) is 44.2 Å². The summed E-state index contributed by atoms with van der Waals surface area (Å²) in [6, 6.07) is 25.8. The predicted molar refractivity (Wildman–Crippen MR) is 150 cm³/mol. The van der Waals surface area contributed by atoms with Crippen LogP contribution in [0.1, 0.15) is 26.3 Å². The van der Waals surface area contributed by atoms with E-state index in [4.69, 9.17) is 15.0 Å². The zero-order valence-electron chi connectivity index (χ0n) is 20.9. The second-order valence-electron chi connectivity index (χ2n) is 10.7. The molecule has 3 aromatic heterocycles. The van der Waals surface area contributed by atoms with Gasteiger partial charge in [0.25, 0.3) is 0 Å². The molecule has 0 amide bonds. The Kier molecular flexibility index (Phi) is 4.29. The van der Waals surface area contributed by atoms with Crippen LogP contribution in [-0.4, -0.2) is 19.5 Å². The lowest BCUT2D eigenvalue weighted by Gasteiger charge is -2.19. The summed E-state index contributed by atoms with van der Waals surface area (Å²) in [5.41, 5.74) is 6.22. The molecule has 0 unspecified atom stereocenters. The fraction of sp³-hybridized carbons (Fsp3) is 0.156. The van der Waals surface area contributed by atoms with Gasteiger partial charge in [-0.2, -0.15) is 0 Å². The molecular weight excluding hydrogens is 440 g/mol. The topological polar surface area (TPSA) is 43.6 Å². The zero-order chi connectivity index (χ0) is 24.6. The van der Waals surface area contributed by atoms with Crippen LogP contribution in [-0.2, 0) is 12.5 Å². The van der Waals surface area contributed by atoms with Crippen molar-refractivity contribution in [1.82, 2.24) is 19.5 Å². The van der Waals surface area contributed by atoms with Crippen LogP contribution in [0, 0.1) is 0 Å². The first-order valence-electron chi connectivity index (χ1n) is 12.4. The lowest BCUT2D eigenvalue weighted by molar-refractivity contribution is 0.589. The molecule has 3 heterocycles. The molecule has 0 bridgehead atoms. The van der Waals surface area contributed by atoms with Gasteiger partial charge in [0.2, 0.25) is 0 Å². The maximum absolute atomic E-state index is 5.35. The lowest BCUT2D eigenvalue weighted by Crippen LogP contribution is -2.11. The van der Waals surface area contributed by atoms with Crippen LogP contribution in [0.25, 0.3) is 65.8 Å². The highest BCUT2D eigenvalue weighted by atomic mass is 15.1. The molecule has 4 heteroatoms.